The molecule has 4 aromatic rings. The van der Waals surface area contributed by atoms with Crippen LogP contribution in [0.2, 0.25) is 0 Å². The van der Waals surface area contributed by atoms with E-state index in [-0.39, 0.29) is 11.2 Å². The fourth-order valence-corrected chi connectivity index (χ4v) is 6.65. The third-order valence-electron chi connectivity index (χ3n) is 6.24. The zero-order valence-electron chi connectivity index (χ0n) is 19.8. The number of anilines is 2. The van der Waals surface area contributed by atoms with Crippen LogP contribution in [0.3, 0.4) is 0 Å². The Morgan fingerprint density at radius 1 is 1.17 bits per heavy atom. The van der Waals surface area contributed by atoms with Gasteiger partial charge in [-0.15, -0.1) is 11.3 Å². The van der Waals surface area contributed by atoms with Gasteiger partial charge in [0.15, 0.2) is 20.5 Å². The highest BCUT2D eigenvalue weighted by Gasteiger charge is 2.34. The van der Waals surface area contributed by atoms with Gasteiger partial charge in [0.2, 0.25) is 5.95 Å². The van der Waals surface area contributed by atoms with E-state index in [2.05, 4.69) is 29.2 Å². The van der Waals surface area contributed by atoms with E-state index in [1.165, 1.54) is 11.3 Å². The Hall–Kier alpha value is -3.05. The second-order valence-corrected chi connectivity index (χ2v) is 13.0. The van der Waals surface area contributed by atoms with Crippen molar-refractivity contribution in [1.82, 2.24) is 24.7 Å². The number of nitrogens with one attached hydrogen (secondary N) is 1. The molecule has 1 aliphatic heterocycles. The zero-order valence-corrected chi connectivity index (χ0v) is 21.5. The van der Waals surface area contributed by atoms with E-state index in [4.69, 9.17) is 9.97 Å². The predicted octanol–water partition coefficient (Wildman–Crippen LogP) is 3.27. The minimum Gasteiger partial charge on any atom is -0.367 e. The molecule has 0 aliphatic carbocycles. The van der Waals surface area contributed by atoms with Gasteiger partial charge in [-0.05, 0) is 18.1 Å². The third kappa shape index (κ3) is 5.46. The number of sulfone groups is 1. The predicted molar refractivity (Wildman–Crippen MR) is 140 cm³/mol. The molecule has 1 N–H and O–H groups in total. The Balaban J connectivity index is 1.36. The molecule has 1 saturated heterocycles. The zero-order chi connectivity index (χ0) is 24.5. The number of rotatable bonds is 8. The molecular weight excluding hydrogens is 482 g/mol. The molecule has 3 aromatic heterocycles. The molecular formula is C24H29N7O2S2. The lowest BCUT2D eigenvalue weighted by atomic mass is 9.93. The lowest BCUT2D eigenvalue weighted by Crippen LogP contribution is -2.48. The van der Waals surface area contributed by atoms with Crippen LogP contribution in [0, 0.1) is 5.41 Å². The highest BCUT2D eigenvalue weighted by Crippen LogP contribution is 2.29. The fraction of sp³-hybridized carbons (Fsp3) is 0.417. The van der Waals surface area contributed by atoms with E-state index in [9.17, 15) is 8.42 Å². The van der Waals surface area contributed by atoms with Crippen molar-refractivity contribution < 1.29 is 8.42 Å². The Kier molecular flexibility index (Phi) is 6.45. The quantitative estimate of drug-likeness (QED) is 0.384. The molecule has 1 atom stereocenters. The summed E-state index contributed by atoms with van der Waals surface area (Å²) >= 11 is 1.46. The standard InChI is InChI=1S/C24H29N7O2S2/c1-24(2,16-31-10-6-9-27-31)15-25-21-20-22(34-17-26-20)29-23(28-21)30-11-12-35(32,33)19(14-30)13-18-7-4-3-5-8-18/h3-10,17,19H,11-16H2,1-2H3,(H,25,28,29). The molecule has 9 nitrogen and oxygen atoms in total. The molecule has 1 unspecified atom stereocenters. The summed E-state index contributed by atoms with van der Waals surface area (Å²) in [5.74, 6) is 1.31. The monoisotopic (exact) mass is 511 g/mol. The maximum absolute atomic E-state index is 12.8. The summed E-state index contributed by atoms with van der Waals surface area (Å²) < 4.78 is 27.6. The summed E-state index contributed by atoms with van der Waals surface area (Å²) in [4.78, 5) is 16.8. The lowest BCUT2D eigenvalue weighted by Gasteiger charge is -2.33. The largest absolute Gasteiger partial charge is 0.367 e. The molecule has 0 bridgehead atoms. The second kappa shape index (κ2) is 9.54. The molecule has 4 heterocycles. The Morgan fingerprint density at radius 2 is 2.00 bits per heavy atom. The van der Waals surface area contributed by atoms with Gasteiger partial charge >= 0.3 is 0 Å². The SMILES string of the molecule is CC(C)(CNc1nc(N2CCS(=O)(=O)C(Cc3ccccc3)C2)nc2scnc12)Cn1cccn1. The Labute approximate surface area is 209 Å². The molecule has 11 heteroatoms. The van der Waals surface area contributed by atoms with Crippen LogP contribution in [0.1, 0.15) is 19.4 Å². The van der Waals surface area contributed by atoms with Crippen LogP contribution in [-0.2, 0) is 22.8 Å². The van der Waals surface area contributed by atoms with Gasteiger partial charge in [0.25, 0.3) is 0 Å². The summed E-state index contributed by atoms with van der Waals surface area (Å²) in [5.41, 5.74) is 3.43. The van der Waals surface area contributed by atoms with E-state index in [0.29, 0.717) is 37.8 Å². The van der Waals surface area contributed by atoms with Crippen LogP contribution >= 0.6 is 11.3 Å². The first-order chi connectivity index (χ1) is 16.8. The van der Waals surface area contributed by atoms with Crippen molar-refractivity contribution in [2.45, 2.75) is 32.1 Å². The number of fused-ring (bicyclic) bond motifs is 1. The number of nitrogens with zero attached hydrogens (tertiary/aromatic N) is 6. The normalized spacial score (nSPS) is 18.1. The second-order valence-electron chi connectivity index (χ2n) is 9.72. The van der Waals surface area contributed by atoms with E-state index in [0.717, 1.165) is 22.5 Å². The molecule has 0 radical (unpaired) electrons. The van der Waals surface area contributed by atoms with Gasteiger partial charge in [0, 0.05) is 44.0 Å². The van der Waals surface area contributed by atoms with Crippen molar-refractivity contribution in [3.8, 4) is 0 Å². The maximum atomic E-state index is 12.8. The van der Waals surface area contributed by atoms with Crippen molar-refractivity contribution >= 4 is 43.3 Å². The average Bonchev–Trinajstić information content (AvgIpc) is 3.51. The highest BCUT2D eigenvalue weighted by atomic mass is 32.2. The number of hydrogen-bond acceptors (Lipinski definition) is 9. The van der Waals surface area contributed by atoms with Gasteiger partial charge in [-0.3, -0.25) is 4.68 Å². The van der Waals surface area contributed by atoms with Crippen molar-refractivity contribution in [2.24, 2.45) is 5.41 Å². The van der Waals surface area contributed by atoms with Gasteiger partial charge in [-0.25, -0.2) is 13.4 Å². The molecule has 0 spiro atoms. The highest BCUT2D eigenvalue weighted by molar-refractivity contribution is 7.92. The van der Waals surface area contributed by atoms with Crippen molar-refractivity contribution in [3.63, 3.8) is 0 Å². The fourth-order valence-electron chi connectivity index (χ4n) is 4.33. The minimum atomic E-state index is -3.19. The smallest absolute Gasteiger partial charge is 0.228 e. The summed E-state index contributed by atoms with van der Waals surface area (Å²) in [5, 5.41) is 7.30. The van der Waals surface area contributed by atoms with E-state index in [1.54, 1.807) is 11.7 Å². The van der Waals surface area contributed by atoms with Crippen LogP contribution in [0.25, 0.3) is 10.3 Å². The Bertz CT molecular complexity index is 1390. The first-order valence-electron chi connectivity index (χ1n) is 11.6. The van der Waals surface area contributed by atoms with Crippen molar-refractivity contribution in [1.29, 1.82) is 0 Å². The molecule has 5 rings (SSSR count). The summed E-state index contributed by atoms with van der Waals surface area (Å²) in [6, 6.07) is 11.7. The first kappa shape index (κ1) is 23.7. The van der Waals surface area contributed by atoms with E-state index in [1.807, 2.05) is 52.2 Å². The topological polar surface area (TPSA) is 106 Å². The van der Waals surface area contributed by atoms with Crippen LogP contribution in [0.4, 0.5) is 11.8 Å². The summed E-state index contributed by atoms with van der Waals surface area (Å²) in [7, 11) is -3.19. The molecule has 0 amide bonds. The van der Waals surface area contributed by atoms with Gasteiger partial charge in [-0.2, -0.15) is 15.1 Å². The number of benzene rings is 1. The summed E-state index contributed by atoms with van der Waals surface area (Å²) in [6.45, 7) is 6.52. The lowest BCUT2D eigenvalue weighted by molar-refractivity contribution is 0.310. The molecule has 0 saturated carbocycles. The molecule has 35 heavy (non-hydrogen) atoms. The minimum absolute atomic E-state index is 0.0839. The van der Waals surface area contributed by atoms with Crippen LogP contribution in [0.15, 0.2) is 54.3 Å². The molecule has 1 fully saturated rings. The average molecular weight is 512 g/mol. The van der Waals surface area contributed by atoms with Crippen LogP contribution in [-0.4, -0.2) is 63.8 Å². The van der Waals surface area contributed by atoms with Crippen LogP contribution < -0.4 is 10.2 Å². The molecule has 184 valence electrons. The summed E-state index contributed by atoms with van der Waals surface area (Å²) in [6.07, 6.45) is 4.22. The van der Waals surface area contributed by atoms with E-state index < -0.39 is 15.1 Å². The van der Waals surface area contributed by atoms with Gasteiger partial charge in [0.1, 0.15) is 5.52 Å². The van der Waals surface area contributed by atoms with Gasteiger partial charge < -0.3 is 10.2 Å². The number of thiazole rings is 1. The third-order valence-corrected chi connectivity index (χ3v) is 9.04. The Morgan fingerprint density at radius 3 is 2.77 bits per heavy atom. The van der Waals surface area contributed by atoms with Crippen molar-refractivity contribution in [3.05, 3.63) is 59.9 Å². The first-order valence-corrected chi connectivity index (χ1v) is 14.2. The van der Waals surface area contributed by atoms with E-state index >= 15 is 0 Å². The number of aromatic nitrogens is 5. The number of hydrogen-bond donors (Lipinski definition) is 1. The molecule has 1 aliphatic rings. The maximum Gasteiger partial charge on any atom is 0.228 e. The van der Waals surface area contributed by atoms with Gasteiger partial charge in [0.05, 0.1) is 16.5 Å². The van der Waals surface area contributed by atoms with Crippen LogP contribution in [0.5, 0.6) is 0 Å². The van der Waals surface area contributed by atoms with Crippen molar-refractivity contribution in [2.75, 3.05) is 35.6 Å². The van der Waals surface area contributed by atoms with Gasteiger partial charge in [-0.1, -0.05) is 44.2 Å². The molecule has 1 aromatic carbocycles.